The second kappa shape index (κ2) is 6.73. The quantitative estimate of drug-likeness (QED) is 0.858. The van der Waals surface area contributed by atoms with Gasteiger partial charge in [-0.25, -0.2) is 0 Å². The summed E-state index contributed by atoms with van der Waals surface area (Å²) in [6.45, 7) is 3.91. The van der Waals surface area contributed by atoms with Crippen molar-refractivity contribution >= 4 is 29.1 Å². The average molecular weight is 339 g/mol. The molecule has 116 valence electrons. The lowest BCUT2D eigenvalue weighted by molar-refractivity contribution is 0.0598. The first-order valence-corrected chi connectivity index (χ1v) is 7.89. The number of piperazine rings is 1. The Morgan fingerprint density at radius 1 is 1.00 bits per heavy atom. The number of benzene rings is 1. The molecule has 1 amide bonds. The molecule has 0 bridgehead atoms. The van der Waals surface area contributed by atoms with Gasteiger partial charge in [0.1, 0.15) is 0 Å². The zero-order valence-corrected chi connectivity index (χ0v) is 13.5. The molecule has 0 aliphatic carbocycles. The summed E-state index contributed by atoms with van der Waals surface area (Å²) in [5.74, 6) is 0.203. The molecule has 1 aliphatic rings. The Kier molecular flexibility index (Phi) is 4.71. The van der Waals surface area contributed by atoms with Gasteiger partial charge in [0.15, 0.2) is 11.0 Å². The molecule has 1 aromatic heterocycles. The van der Waals surface area contributed by atoms with Crippen LogP contribution in [0.25, 0.3) is 0 Å². The van der Waals surface area contributed by atoms with Crippen molar-refractivity contribution in [1.29, 1.82) is 0 Å². The van der Waals surface area contributed by atoms with Gasteiger partial charge in [0.05, 0.1) is 0 Å². The van der Waals surface area contributed by atoms with Crippen molar-refractivity contribution in [2.75, 3.05) is 26.2 Å². The van der Waals surface area contributed by atoms with E-state index in [0.717, 1.165) is 24.7 Å². The highest BCUT2D eigenvalue weighted by molar-refractivity contribution is 6.30. The fourth-order valence-electron chi connectivity index (χ4n) is 2.54. The van der Waals surface area contributed by atoms with E-state index in [0.29, 0.717) is 18.8 Å². The minimum atomic E-state index is -0.0990. The Labute approximate surface area is 139 Å². The van der Waals surface area contributed by atoms with Crippen LogP contribution in [0.2, 0.25) is 10.2 Å². The van der Waals surface area contributed by atoms with Crippen LogP contribution in [-0.2, 0) is 6.54 Å². The number of carbonyl (C=O) groups is 1. The molecule has 0 atom stereocenters. The van der Waals surface area contributed by atoms with Crippen LogP contribution in [0.4, 0.5) is 0 Å². The Morgan fingerprint density at radius 2 is 1.68 bits per heavy atom. The van der Waals surface area contributed by atoms with Gasteiger partial charge in [0.2, 0.25) is 0 Å². The molecule has 6 heteroatoms. The SMILES string of the molecule is O=C(c1ccc(Cl)o1)N1CCN(Cc2ccc(Cl)cc2)CC1. The molecule has 22 heavy (non-hydrogen) atoms. The summed E-state index contributed by atoms with van der Waals surface area (Å²) < 4.78 is 5.18. The Balaban J connectivity index is 1.54. The highest BCUT2D eigenvalue weighted by Crippen LogP contribution is 2.17. The molecule has 3 rings (SSSR count). The molecule has 1 fully saturated rings. The minimum absolute atomic E-state index is 0.0990. The van der Waals surface area contributed by atoms with Crippen molar-refractivity contribution in [3.8, 4) is 0 Å². The molecule has 0 radical (unpaired) electrons. The number of hydrogen-bond donors (Lipinski definition) is 0. The monoisotopic (exact) mass is 338 g/mol. The molecule has 1 aliphatic heterocycles. The van der Waals surface area contributed by atoms with E-state index in [2.05, 4.69) is 4.90 Å². The zero-order valence-electron chi connectivity index (χ0n) is 12.0. The average Bonchev–Trinajstić information content (AvgIpc) is 2.96. The first-order chi connectivity index (χ1) is 10.6. The van der Waals surface area contributed by atoms with Crippen molar-refractivity contribution in [3.05, 3.63) is 58.0 Å². The molecule has 2 heterocycles. The second-order valence-electron chi connectivity index (χ2n) is 5.30. The maximum Gasteiger partial charge on any atom is 0.289 e. The van der Waals surface area contributed by atoms with E-state index in [9.17, 15) is 4.79 Å². The fourth-order valence-corrected chi connectivity index (χ4v) is 2.81. The van der Waals surface area contributed by atoms with Gasteiger partial charge in [0.25, 0.3) is 5.91 Å². The molecule has 0 spiro atoms. The van der Waals surface area contributed by atoms with Crippen LogP contribution in [0.3, 0.4) is 0 Å². The summed E-state index contributed by atoms with van der Waals surface area (Å²) in [5.41, 5.74) is 1.22. The molecule has 0 N–H and O–H groups in total. The Morgan fingerprint density at radius 3 is 2.27 bits per heavy atom. The third kappa shape index (κ3) is 3.64. The van der Waals surface area contributed by atoms with Crippen LogP contribution in [-0.4, -0.2) is 41.9 Å². The van der Waals surface area contributed by atoms with Crippen LogP contribution < -0.4 is 0 Å². The van der Waals surface area contributed by atoms with E-state index in [4.69, 9.17) is 27.6 Å². The highest BCUT2D eigenvalue weighted by Gasteiger charge is 2.24. The smallest absolute Gasteiger partial charge is 0.289 e. The number of rotatable bonds is 3. The van der Waals surface area contributed by atoms with E-state index >= 15 is 0 Å². The second-order valence-corrected chi connectivity index (χ2v) is 6.11. The lowest BCUT2D eigenvalue weighted by Gasteiger charge is -2.34. The van der Waals surface area contributed by atoms with Crippen LogP contribution in [0.15, 0.2) is 40.8 Å². The van der Waals surface area contributed by atoms with Gasteiger partial charge >= 0.3 is 0 Å². The van der Waals surface area contributed by atoms with Gasteiger partial charge in [-0.1, -0.05) is 23.7 Å². The summed E-state index contributed by atoms with van der Waals surface area (Å²) in [6.07, 6.45) is 0. The van der Waals surface area contributed by atoms with Gasteiger partial charge in [-0.3, -0.25) is 9.69 Å². The number of furan rings is 1. The standard InChI is InChI=1S/C16H16Cl2N2O2/c17-13-3-1-12(2-4-13)11-19-7-9-20(10-8-19)16(21)14-5-6-15(18)22-14/h1-6H,7-11H2. The molecular weight excluding hydrogens is 323 g/mol. The molecular formula is C16H16Cl2N2O2. The third-order valence-electron chi connectivity index (χ3n) is 3.76. The highest BCUT2D eigenvalue weighted by atomic mass is 35.5. The fraction of sp³-hybridized carbons (Fsp3) is 0.312. The summed E-state index contributed by atoms with van der Waals surface area (Å²) >= 11 is 11.6. The van der Waals surface area contributed by atoms with E-state index in [1.165, 1.54) is 5.56 Å². The summed E-state index contributed by atoms with van der Waals surface area (Å²) in [4.78, 5) is 16.4. The molecule has 0 unspecified atom stereocenters. The van der Waals surface area contributed by atoms with Gasteiger partial charge in [0, 0.05) is 37.7 Å². The van der Waals surface area contributed by atoms with E-state index in [-0.39, 0.29) is 11.1 Å². The normalized spacial score (nSPS) is 16.0. The Bertz CT molecular complexity index is 646. The van der Waals surface area contributed by atoms with Gasteiger partial charge in [-0.05, 0) is 41.4 Å². The first-order valence-electron chi connectivity index (χ1n) is 7.13. The molecule has 1 saturated heterocycles. The van der Waals surface area contributed by atoms with Crippen LogP contribution >= 0.6 is 23.2 Å². The Hall–Kier alpha value is -1.49. The topological polar surface area (TPSA) is 36.7 Å². The maximum atomic E-state index is 12.3. The summed E-state index contributed by atoms with van der Waals surface area (Å²) in [5, 5.41) is 0.987. The number of halogens is 2. The van der Waals surface area contributed by atoms with Crippen molar-refractivity contribution in [2.45, 2.75) is 6.54 Å². The summed E-state index contributed by atoms with van der Waals surface area (Å²) in [7, 11) is 0. The number of nitrogens with zero attached hydrogens (tertiary/aromatic N) is 2. The van der Waals surface area contributed by atoms with Crippen LogP contribution in [0.5, 0.6) is 0 Å². The number of hydrogen-bond acceptors (Lipinski definition) is 3. The largest absolute Gasteiger partial charge is 0.440 e. The third-order valence-corrected chi connectivity index (χ3v) is 4.22. The van der Waals surface area contributed by atoms with Crippen LogP contribution in [0, 0.1) is 0 Å². The van der Waals surface area contributed by atoms with Gasteiger partial charge < -0.3 is 9.32 Å². The molecule has 1 aromatic carbocycles. The predicted octanol–water partition coefficient (Wildman–Crippen LogP) is 3.54. The van der Waals surface area contributed by atoms with Gasteiger partial charge in [-0.15, -0.1) is 0 Å². The van der Waals surface area contributed by atoms with Crippen LogP contribution in [0.1, 0.15) is 16.1 Å². The summed E-state index contributed by atoms with van der Waals surface area (Å²) in [6, 6.07) is 11.1. The molecule has 2 aromatic rings. The zero-order chi connectivity index (χ0) is 15.5. The number of carbonyl (C=O) groups excluding carboxylic acids is 1. The van der Waals surface area contributed by atoms with E-state index in [1.54, 1.807) is 17.0 Å². The maximum absolute atomic E-state index is 12.3. The lowest BCUT2D eigenvalue weighted by atomic mass is 10.2. The van der Waals surface area contributed by atoms with Crippen molar-refractivity contribution in [3.63, 3.8) is 0 Å². The first kappa shape index (κ1) is 15.4. The molecule has 0 saturated carbocycles. The van der Waals surface area contributed by atoms with Crippen molar-refractivity contribution in [1.82, 2.24) is 9.80 Å². The molecule has 4 nitrogen and oxygen atoms in total. The predicted molar refractivity (Wildman–Crippen MR) is 86.4 cm³/mol. The van der Waals surface area contributed by atoms with E-state index < -0.39 is 0 Å². The number of amides is 1. The lowest BCUT2D eigenvalue weighted by Crippen LogP contribution is -2.48. The van der Waals surface area contributed by atoms with E-state index in [1.807, 2.05) is 24.3 Å². The van der Waals surface area contributed by atoms with Crippen molar-refractivity contribution in [2.24, 2.45) is 0 Å². The minimum Gasteiger partial charge on any atom is -0.440 e. The van der Waals surface area contributed by atoms with Crippen molar-refractivity contribution < 1.29 is 9.21 Å². The van der Waals surface area contributed by atoms with Gasteiger partial charge in [-0.2, -0.15) is 0 Å².